The summed E-state index contributed by atoms with van der Waals surface area (Å²) < 4.78 is 10.8. The summed E-state index contributed by atoms with van der Waals surface area (Å²) in [6, 6.07) is 3.98. The standard InChI is InChI=1S/C14H15N3O2/c1-8-4-11-12(19-7-18-11)5-9(8)10-6-16-13(17-10)14(15)2-3-14/h4-6H,2-3,7,15H2,1H3,(H,16,17). The number of aromatic nitrogens is 2. The summed E-state index contributed by atoms with van der Waals surface area (Å²) in [7, 11) is 0. The quantitative estimate of drug-likeness (QED) is 0.863. The minimum absolute atomic E-state index is 0.234. The van der Waals surface area contributed by atoms with Crippen molar-refractivity contribution in [2.24, 2.45) is 5.73 Å². The Labute approximate surface area is 110 Å². The summed E-state index contributed by atoms with van der Waals surface area (Å²) in [4.78, 5) is 7.74. The lowest BCUT2D eigenvalue weighted by atomic mass is 10.1. The number of nitrogens with one attached hydrogen (secondary N) is 1. The molecule has 1 aromatic heterocycles. The number of hydrogen-bond donors (Lipinski definition) is 2. The summed E-state index contributed by atoms with van der Waals surface area (Å²) >= 11 is 0. The van der Waals surface area contributed by atoms with Gasteiger partial charge in [-0.3, -0.25) is 0 Å². The Hall–Kier alpha value is -2.01. The third-order valence-corrected chi connectivity index (χ3v) is 3.85. The maximum atomic E-state index is 6.15. The second-order valence-electron chi connectivity index (χ2n) is 5.32. The lowest BCUT2D eigenvalue weighted by molar-refractivity contribution is 0.174. The van der Waals surface area contributed by atoms with Gasteiger partial charge in [0.2, 0.25) is 6.79 Å². The normalized spacial score (nSPS) is 18.6. The maximum Gasteiger partial charge on any atom is 0.231 e. The molecule has 1 aliphatic heterocycles. The zero-order valence-corrected chi connectivity index (χ0v) is 10.7. The molecule has 0 bridgehead atoms. The first kappa shape index (κ1) is 10.9. The lowest BCUT2D eigenvalue weighted by Crippen LogP contribution is -2.20. The van der Waals surface area contributed by atoms with Crippen molar-refractivity contribution in [1.29, 1.82) is 0 Å². The monoisotopic (exact) mass is 257 g/mol. The third-order valence-electron chi connectivity index (χ3n) is 3.85. The zero-order valence-electron chi connectivity index (χ0n) is 10.7. The van der Waals surface area contributed by atoms with Gasteiger partial charge in [0.1, 0.15) is 5.82 Å². The molecule has 1 aromatic carbocycles. The average Bonchev–Trinajstić information content (AvgIpc) is 2.84. The van der Waals surface area contributed by atoms with Crippen molar-refractivity contribution in [3.05, 3.63) is 29.7 Å². The Morgan fingerprint density at radius 3 is 2.74 bits per heavy atom. The first-order valence-corrected chi connectivity index (χ1v) is 6.41. The van der Waals surface area contributed by atoms with Gasteiger partial charge in [-0.15, -0.1) is 0 Å². The van der Waals surface area contributed by atoms with Crippen LogP contribution in [0.15, 0.2) is 18.3 Å². The Kier molecular flexibility index (Phi) is 2.01. The Morgan fingerprint density at radius 1 is 1.26 bits per heavy atom. The molecule has 19 heavy (non-hydrogen) atoms. The molecule has 5 heteroatoms. The van der Waals surface area contributed by atoms with Crippen LogP contribution in [0.1, 0.15) is 24.2 Å². The highest BCUT2D eigenvalue weighted by atomic mass is 16.7. The van der Waals surface area contributed by atoms with Crippen molar-refractivity contribution in [3.8, 4) is 22.8 Å². The molecule has 5 nitrogen and oxygen atoms in total. The van der Waals surface area contributed by atoms with E-state index in [2.05, 4.69) is 9.97 Å². The molecule has 3 N–H and O–H groups in total. The highest BCUT2D eigenvalue weighted by molar-refractivity contribution is 5.68. The number of H-pyrrole nitrogens is 1. The lowest BCUT2D eigenvalue weighted by Gasteiger charge is -2.06. The predicted octanol–water partition coefficient (Wildman–Crippen LogP) is 2.06. The number of nitrogens with zero attached hydrogens (tertiary/aromatic N) is 1. The summed E-state index contributed by atoms with van der Waals surface area (Å²) in [5.41, 5.74) is 9.09. The van der Waals surface area contributed by atoms with E-state index in [0.717, 1.165) is 47.0 Å². The molecule has 0 radical (unpaired) electrons. The van der Waals surface area contributed by atoms with Crippen LogP contribution in [0.2, 0.25) is 0 Å². The van der Waals surface area contributed by atoms with Crippen LogP contribution >= 0.6 is 0 Å². The van der Waals surface area contributed by atoms with E-state index in [1.807, 2.05) is 25.3 Å². The van der Waals surface area contributed by atoms with Gasteiger partial charge >= 0.3 is 0 Å². The predicted molar refractivity (Wildman–Crippen MR) is 70.0 cm³/mol. The third kappa shape index (κ3) is 1.62. The van der Waals surface area contributed by atoms with Gasteiger partial charge in [-0.25, -0.2) is 4.98 Å². The largest absolute Gasteiger partial charge is 0.454 e. The number of imidazole rings is 1. The fraction of sp³-hybridized carbons (Fsp3) is 0.357. The molecular formula is C14H15N3O2. The maximum absolute atomic E-state index is 6.15. The fourth-order valence-electron chi connectivity index (χ4n) is 2.42. The first-order valence-electron chi connectivity index (χ1n) is 6.41. The van der Waals surface area contributed by atoms with E-state index in [-0.39, 0.29) is 5.54 Å². The molecule has 4 rings (SSSR count). The van der Waals surface area contributed by atoms with E-state index in [9.17, 15) is 0 Å². The van der Waals surface area contributed by atoms with Gasteiger partial charge < -0.3 is 20.2 Å². The fourth-order valence-corrected chi connectivity index (χ4v) is 2.42. The molecule has 2 aromatic rings. The van der Waals surface area contributed by atoms with E-state index in [1.54, 1.807) is 0 Å². The van der Waals surface area contributed by atoms with Crippen LogP contribution in [0.4, 0.5) is 0 Å². The number of rotatable bonds is 2. The number of aromatic amines is 1. The molecule has 1 fully saturated rings. The minimum atomic E-state index is -0.234. The second kappa shape index (κ2) is 3.51. The van der Waals surface area contributed by atoms with Crippen LogP contribution < -0.4 is 15.2 Å². The smallest absolute Gasteiger partial charge is 0.231 e. The molecule has 2 heterocycles. The summed E-state index contributed by atoms with van der Waals surface area (Å²) in [6.07, 6.45) is 3.84. The van der Waals surface area contributed by atoms with Gasteiger partial charge in [0, 0.05) is 5.56 Å². The van der Waals surface area contributed by atoms with E-state index in [0.29, 0.717) is 6.79 Å². The number of aryl methyl sites for hydroxylation is 1. The number of ether oxygens (including phenoxy) is 2. The van der Waals surface area contributed by atoms with Gasteiger partial charge in [-0.1, -0.05) is 0 Å². The van der Waals surface area contributed by atoms with Gasteiger partial charge in [0.25, 0.3) is 0 Å². The zero-order chi connectivity index (χ0) is 13.0. The average molecular weight is 257 g/mol. The highest BCUT2D eigenvalue weighted by Crippen LogP contribution is 2.42. The van der Waals surface area contributed by atoms with Gasteiger partial charge in [0.15, 0.2) is 11.5 Å². The van der Waals surface area contributed by atoms with Crippen LogP contribution in [-0.2, 0) is 5.54 Å². The molecule has 0 amide bonds. The number of benzene rings is 1. The van der Waals surface area contributed by atoms with Crippen molar-refractivity contribution in [2.75, 3.05) is 6.79 Å². The van der Waals surface area contributed by atoms with Crippen LogP contribution in [-0.4, -0.2) is 16.8 Å². The van der Waals surface area contributed by atoms with E-state index < -0.39 is 0 Å². The number of hydrogen-bond acceptors (Lipinski definition) is 4. The van der Waals surface area contributed by atoms with E-state index in [1.165, 1.54) is 0 Å². The van der Waals surface area contributed by atoms with Gasteiger partial charge in [0.05, 0.1) is 17.4 Å². The molecular weight excluding hydrogens is 242 g/mol. The Morgan fingerprint density at radius 2 is 2.00 bits per heavy atom. The van der Waals surface area contributed by atoms with Crippen molar-refractivity contribution in [3.63, 3.8) is 0 Å². The van der Waals surface area contributed by atoms with Crippen LogP contribution in [0.25, 0.3) is 11.3 Å². The van der Waals surface area contributed by atoms with E-state index >= 15 is 0 Å². The van der Waals surface area contributed by atoms with Crippen molar-refractivity contribution >= 4 is 0 Å². The molecule has 0 atom stereocenters. The van der Waals surface area contributed by atoms with E-state index in [4.69, 9.17) is 15.2 Å². The summed E-state index contributed by atoms with van der Waals surface area (Å²) in [5, 5.41) is 0. The molecule has 1 aliphatic carbocycles. The van der Waals surface area contributed by atoms with Crippen LogP contribution in [0.5, 0.6) is 11.5 Å². The summed E-state index contributed by atoms with van der Waals surface area (Å²) in [6.45, 7) is 2.34. The molecule has 0 saturated heterocycles. The van der Waals surface area contributed by atoms with Gasteiger partial charge in [-0.05, 0) is 37.5 Å². The topological polar surface area (TPSA) is 73.2 Å². The van der Waals surface area contributed by atoms with Crippen LogP contribution in [0.3, 0.4) is 0 Å². The molecule has 2 aliphatic rings. The highest BCUT2D eigenvalue weighted by Gasteiger charge is 2.42. The minimum Gasteiger partial charge on any atom is -0.454 e. The summed E-state index contributed by atoms with van der Waals surface area (Å²) in [5.74, 6) is 2.46. The van der Waals surface area contributed by atoms with Crippen LogP contribution in [0, 0.1) is 6.92 Å². The van der Waals surface area contributed by atoms with Crippen molar-refractivity contribution in [1.82, 2.24) is 9.97 Å². The van der Waals surface area contributed by atoms with Gasteiger partial charge in [-0.2, -0.15) is 0 Å². The van der Waals surface area contributed by atoms with Crippen molar-refractivity contribution < 1.29 is 9.47 Å². The molecule has 1 saturated carbocycles. The number of fused-ring (bicyclic) bond motifs is 1. The molecule has 98 valence electrons. The Balaban J connectivity index is 1.78. The molecule has 0 spiro atoms. The van der Waals surface area contributed by atoms with Crippen molar-refractivity contribution in [2.45, 2.75) is 25.3 Å². The number of nitrogens with two attached hydrogens (primary N) is 1. The first-order chi connectivity index (χ1) is 9.16. The molecule has 0 unspecified atom stereocenters. The Bertz CT molecular complexity index is 659. The SMILES string of the molecule is Cc1cc2c(cc1-c1cnc(C3(N)CC3)[nH]1)OCO2. The second-order valence-corrected chi connectivity index (χ2v) is 5.32.